The van der Waals surface area contributed by atoms with Crippen molar-refractivity contribution in [1.82, 2.24) is 16.0 Å². The number of thiol groups is 1. The molecule has 0 saturated carbocycles. The van der Waals surface area contributed by atoms with Gasteiger partial charge in [-0.25, -0.2) is 4.79 Å². The Morgan fingerprint density at radius 1 is 0.969 bits per heavy atom. The van der Waals surface area contributed by atoms with E-state index in [1.807, 2.05) is 13.8 Å². The molecule has 0 aromatic heterocycles. The molecular weight excluding hydrogens is 442 g/mol. The minimum Gasteiger partial charge on any atom is -0.480 e. The van der Waals surface area contributed by atoms with E-state index in [2.05, 4.69) is 33.6 Å². The number of aliphatic carboxylic acids is 1. The molecule has 0 saturated heterocycles. The number of guanidine groups is 1. The number of hydrogen-bond acceptors (Lipinski definition) is 8. The van der Waals surface area contributed by atoms with Crippen LogP contribution in [0.4, 0.5) is 0 Å². The highest BCUT2D eigenvalue weighted by atomic mass is 32.1. The highest BCUT2D eigenvalue weighted by molar-refractivity contribution is 7.80. The van der Waals surface area contributed by atoms with Crippen molar-refractivity contribution in [3.8, 4) is 0 Å². The molecule has 0 aliphatic carbocycles. The molecule has 32 heavy (non-hydrogen) atoms. The fourth-order valence-corrected chi connectivity index (χ4v) is 2.73. The van der Waals surface area contributed by atoms with Gasteiger partial charge in [0.15, 0.2) is 5.96 Å². The van der Waals surface area contributed by atoms with Gasteiger partial charge in [0.1, 0.15) is 18.1 Å². The summed E-state index contributed by atoms with van der Waals surface area (Å²) in [4.78, 5) is 52.5. The van der Waals surface area contributed by atoms with Crippen LogP contribution in [0.25, 0.3) is 0 Å². The highest BCUT2D eigenvalue weighted by Crippen LogP contribution is 2.08. The fraction of sp³-hybridized carbons (Fsp3) is 0.722. The van der Waals surface area contributed by atoms with Crippen molar-refractivity contribution in [3.05, 3.63) is 0 Å². The number of nitrogens with zero attached hydrogens (tertiary/aromatic N) is 1. The zero-order valence-corrected chi connectivity index (χ0v) is 19.2. The van der Waals surface area contributed by atoms with E-state index in [9.17, 15) is 19.2 Å². The van der Waals surface area contributed by atoms with Crippen LogP contribution in [-0.4, -0.2) is 82.9 Å². The number of aliphatic hydroxyl groups is 1. The molecule has 0 aliphatic heterocycles. The van der Waals surface area contributed by atoms with Gasteiger partial charge in [0.2, 0.25) is 17.7 Å². The zero-order valence-electron chi connectivity index (χ0n) is 18.3. The van der Waals surface area contributed by atoms with Crippen molar-refractivity contribution >= 4 is 42.3 Å². The summed E-state index contributed by atoms with van der Waals surface area (Å²) in [6.07, 6.45) is 0.692. The first kappa shape index (κ1) is 29.4. The number of nitrogens with one attached hydrogen (secondary N) is 3. The van der Waals surface area contributed by atoms with Crippen LogP contribution in [0.15, 0.2) is 4.99 Å². The Bertz CT molecular complexity index is 672. The van der Waals surface area contributed by atoms with E-state index in [4.69, 9.17) is 27.4 Å². The number of nitrogens with two attached hydrogens (primary N) is 3. The van der Waals surface area contributed by atoms with Gasteiger partial charge in [0.25, 0.3) is 0 Å². The molecule has 13 nitrogen and oxygen atoms in total. The lowest BCUT2D eigenvalue weighted by Gasteiger charge is -2.25. The summed E-state index contributed by atoms with van der Waals surface area (Å²) >= 11 is 3.96. The van der Waals surface area contributed by atoms with Crippen molar-refractivity contribution in [3.63, 3.8) is 0 Å². The average Bonchev–Trinajstić information content (AvgIpc) is 2.71. The smallest absolute Gasteiger partial charge is 0.328 e. The van der Waals surface area contributed by atoms with Gasteiger partial charge in [-0.3, -0.25) is 19.4 Å². The lowest BCUT2D eigenvalue weighted by Crippen LogP contribution is -2.57. The topological polar surface area (TPSA) is 235 Å². The van der Waals surface area contributed by atoms with Crippen molar-refractivity contribution in [2.45, 2.75) is 57.3 Å². The van der Waals surface area contributed by atoms with Crippen LogP contribution in [0.1, 0.15) is 33.1 Å². The second kappa shape index (κ2) is 15.3. The fourth-order valence-electron chi connectivity index (χ4n) is 2.57. The molecule has 14 heteroatoms. The number of aliphatic hydroxyl groups excluding tert-OH is 1. The van der Waals surface area contributed by atoms with Crippen LogP contribution in [0, 0.1) is 5.92 Å². The molecule has 0 aliphatic rings. The number of carbonyl (C=O) groups excluding carboxylic acids is 3. The van der Waals surface area contributed by atoms with Crippen LogP contribution in [0.2, 0.25) is 0 Å². The molecule has 0 rings (SSSR count). The molecule has 3 amide bonds. The molecule has 0 heterocycles. The summed E-state index contributed by atoms with van der Waals surface area (Å²) in [6, 6.07) is -4.59. The number of carbonyl (C=O) groups is 4. The van der Waals surface area contributed by atoms with Crippen LogP contribution in [0.5, 0.6) is 0 Å². The summed E-state index contributed by atoms with van der Waals surface area (Å²) in [7, 11) is 0. The van der Waals surface area contributed by atoms with Gasteiger partial charge >= 0.3 is 5.97 Å². The quantitative estimate of drug-likeness (QED) is 0.0501. The maximum atomic E-state index is 12.9. The first-order chi connectivity index (χ1) is 14.9. The Morgan fingerprint density at radius 2 is 1.50 bits per heavy atom. The summed E-state index contributed by atoms with van der Waals surface area (Å²) in [5.74, 6) is -3.53. The first-order valence-electron chi connectivity index (χ1n) is 10.1. The number of rotatable bonds is 15. The maximum Gasteiger partial charge on any atom is 0.328 e. The van der Waals surface area contributed by atoms with Crippen LogP contribution in [0.3, 0.4) is 0 Å². The van der Waals surface area contributed by atoms with Crippen LogP contribution >= 0.6 is 12.6 Å². The number of hydrogen-bond donors (Lipinski definition) is 9. The summed E-state index contributed by atoms with van der Waals surface area (Å²) < 4.78 is 0. The van der Waals surface area contributed by atoms with Crippen molar-refractivity contribution in [2.24, 2.45) is 28.1 Å². The Hall–Kier alpha value is -2.58. The second-order valence-corrected chi connectivity index (χ2v) is 7.94. The third-order valence-corrected chi connectivity index (χ3v) is 4.64. The summed E-state index contributed by atoms with van der Waals surface area (Å²) in [5.41, 5.74) is 16.2. The van der Waals surface area contributed by atoms with E-state index in [-0.39, 0.29) is 37.0 Å². The Kier molecular flexibility index (Phi) is 14.0. The van der Waals surface area contributed by atoms with Crippen LogP contribution in [-0.2, 0) is 19.2 Å². The molecule has 11 N–H and O–H groups in total. The molecule has 0 aromatic rings. The van der Waals surface area contributed by atoms with E-state index < -0.39 is 54.5 Å². The summed E-state index contributed by atoms with van der Waals surface area (Å²) in [5, 5.41) is 25.4. The zero-order chi connectivity index (χ0) is 24.8. The standard InChI is InChI=1S/C18H35N7O6S/c1-9(2)6-12(16(29)25-13(7-26)17(30)31)24-15(28)11(4-3-5-22-18(20)21)23-14(27)10(19)8-32/h9-13,26,32H,3-8,19H2,1-2H3,(H,23,27)(H,24,28)(H,25,29)(H,30,31)(H4,20,21,22). The van der Waals surface area contributed by atoms with E-state index in [1.54, 1.807) is 0 Å². The van der Waals surface area contributed by atoms with Gasteiger partial charge in [0, 0.05) is 12.3 Å². The number of amides is 3. The average molecular weight is 478 g/mol. The molecule has 0 bridgehead atoms. The lowest BCUT2D eigenvalue weighted by molar-refractivity contribution is -0.143. The molecule has 4 unspecified atom stereocenters. The molecule has 0 fully saturated rings. The largest absolute Gasteiger partial charge is 0.480 e. The summed E-state index contributed by atoms with van der Waals surface area (Å²) in [6.45, 7) is 3.03. The van der Waals surface area contributed by atoms with E-state index in [0.717, 1.165) is 0 Å². The Labute approximate surface area is 192 Å². The highest BCUT2D eigenvalue weighted by Gasteiger charge is 2.30. The van der Waals surface area contributed by atoms with E-state index in [1.165, 1.54) is 0 Å². The molecule has 184 valence electrons. The van der Waals surface area contributed by atoms with E-state index in [0.29, 0.717) is 6.42 Å². The number of aliphatic imine (C=N–C) groups is 1. The lowest BCUT2D eigenvalue weighted by atomic mass is 10.0. The monoisotopic (exact) mass is 477 g/mol. The Balaban J connectivity index is 5.44. The normalized spacial score (nSPS) is 14.6. The van der Waals surface area contributed by atoms with Gasteiger partial charge in [-0.1, -0.05) is 13.8 Å². The first-order valence-corrected chi connectivity index (χ1v) is 10.7. The molecule has 0 aromatic carbocycles. The minimum absolute atomic E-state index is 0.0315. The minimum atomic E-state index is -1.52. The number of carboxylic acids is 1. The molecule has 0 spiro atoms. The van der Waals surface area contributed by atoms with Gasteiger partial charge in [-0.2, -0.15) is 12.6 Å². The van der Waals surface area contributed by atoms with Gasteiger partial charge in [-0.05, 0) is 25.2 Å². The molecule has 4 atom stereocenters. The van der Waals surface area contributed by atoms with Gasteiger partial charge < -0.3 is 43.4 Å². The molecular formula is C18H35N7O6S. The van der Waals surface area contributed by atoms with Crippen molar-refractivity contribution in [1.29, 1.82) is 0 Å². The third-order valence-electron chi connectivity index (χ3n) is 4.25. The van der Waals surface area contributed by atoms with E-state index >= 15 is 0 Å². The Morgan fingerprint density at radius 3 is 1.97 bits per heavy atom. The van der Waals surface area contributed by atoms with Crippen molar-refractivity contribution in [2.75, 3.05) is 18.9 Å². The third kappa shape index (κ3) is 11.7. The van der Waals surface area contributed by atoms with Gasteiger partial charge in [-0.15, -0.1) is 0 Å². The predicted octanol–water partition coefficient (Wildman–Crippen LogP) is -3.13. The molecule has 0 radical (unpaired) electrons. The van der Waals surface area contributed by atoms with Gasteiger partial charge in [0.05, 0.1) is 12.6 Å². The number of carboxylic acid groups (broad SMARTS) is 1. The SMILES string of the molecule is CC(C)CC(NC(=O)C(CCCN=C(N)N)NC(=O)C(N)CS)C(=O)NC(CO)C(=O)O. The van der Waals surface area contributed by atoms with Crippen LogP contribution < -0.4 is 33.2 Å². The maximum absolute atomic E-state index is 12.9. The predicted molar refractivity (Wildman–Crippen MR) is 122 cm³/mol. The second-order valence-electron chi connectivity index (χ2n) is 7.57. The van der Waals surface area contributed by atoms with Crippen molar-refractivity contribution < 1.29 is 29.4 Å².